The molecule has 3 rings (SSSR count). The van der Waals surface area contributed by atoms with E-state index in [-0.39, 0.29) is 18.5 Å². The molecular weight excluding hydrogens is 531 g/mol. The van der Waals surface area contributed by atoms with E-state index in [1.54, 1.807) is 25.5 Å². The minimum absolute atomic E-state index is 0.00307. The third kappa shape index (κ3) is 6.37. The highest BCUT2D eigenvalue weighted by molar-refractivity contribution is 6.03. The Labute approximate surface area is 230 Å². The fourth-order valence-corrected chi connectivity index (χ4v) is 5.15. The number of amides is 3. The van der Waals surface area contributed by atoms with Crippen molar-refractivity contribution in [3.63, 3.8) is 0 Å². The Balaban J connectivity index is 1.75. The highest BCUT2D eigenvalue weighted by Gasteiger charge is 2.61. The quantitative estimate of drug-likeness (QED) is 0.342. The molecule has 1 saturated heterocycles. The van der Waals surface area contributed by atoms with Gasteiger partial charge in [-0.15, -0.1) is 0 Å². The Morgan fingerprint density at radius 3 is 2.23 bits per heavy atom. The van der Waals surface area contributed by atoms with E-state index < -0.39 is 59.6 Å². The van der Waals surface area contributed by atoms with Gasteiger partial charge in [-0.3, -0.25) is 24.6 Å². The fraction of sp³-hybridized carbons (Fsp3) is 0.556. The number of rotatable bonds is 9. The summed E-state index contributed by atoms with van der Waals surface area (Å²) in [6.07, 6.45) is -3.55. The third-order valence-corrected chi connectivity index (χ3v) is 7.15. The Kier molecular flexibility index (Phi) is 9.42. The van der Waals surface area contributed by atoms with Crippen molar-refractivity contribution >= 4 is 17.7 Å². The van der Waals surface area contributed by atoms with Crippen LogP contribution in [0.3, 0.4) is 0 Å². The molecule has 1 aliphatic rings. The van der Waals surface area contributed by atoms with Crippen LogP contribution in [0.2, 0.25) is 0 Å². The predicted octanol–water partition coefficient (Wildman–Crippen LogP) is 2.31. The standard InChI is InChI=1S/C27H36F3N5O5/c1-15(2)21(32-23(36)19-14-31-35(17(19)5)18-10-7-6-8-11-18)25(38)33-24(37)20-12-9-13-34(20)22(16(3)4)26(39,40)27(28,29)30/h6-8,10-11,14-16,20-22,39-40H,9,12-13H2,1-5H3,(H,32,36)(H,33,37,38)/t20-,21-,22?/m0/s1. The third-order valence-electron chi connectivity index (χ3n) is 7.15. The summed E-state index contributed by atoms with van der Waals surface area (Å²) >= 11 is 0. The van der Waals surface area contributed by atoms with E-state index in [1.807, 2.05) is 30.3 Å². The molecule has 0 saturated carbocycles. The van der Waals surface area contributed by atoms with E-state index in [2.05, 4.69) is 15.7 Å². The van der Waals surface area contributed by atoms with Gasteiger partial charge in [0.2, 0.25) is 11.8 Å². The topological polar surface area (TPSA) is 137 Å². The molecule has 1 aliphatic heterocycles. The van der Waals surface area contributed by atoms with Crippen LogP contribution in [0.4, 0.5) is 13.2 Å². The number of halogens is 3. The molecule has 1 unspecified atom stereocenters. The molecular formula is C27H36F3N5O5. The van der Waals surface area contributed by atoms with Crippen LogP contribution in [-0.2, 0) is 9.59 Å². The van der Waals surface area contributed by atoms with Crippen molar-refractivity contribution in [2.45, 2.75) is 77.5 Å². The van der Waals surface area contributed by atoms with E-state index in [0.29, 0.717) is 12.1 Å². The number of benzene rings is 1. The highest BCUT2D eigenvalue weighted by atomic mass is 19.4. The number of aromatic nitrogens is 2. The second-order valence-electron chi connectivity index (χ2n) is 10.7. The van der Waals surface area contributed by atoms with Gasteiger partial charge in [0.25, 0.3) is 11.7 Å². The first-order chi connectivity index (χ1) is 18.6. The molecule has 3 atom stereocenters. The lowest BCUT2D eigenvalue weighted by atomic mass is 9.92. The van der Waals surface area contributed by atoms with Gasteiger partial charge in [0.15, 0.2) is 0 Å². The molecule has 0 aliphatic carbocycles. The average molecular weight is 568 g/mol. The van der Waals surface area contributed by atoms with Gasteiger partial charge in [0.05, 0.1) is 35.2 Å². The molecule has 2 heterocycles. The van der Waals surface area contributed by atoms with Crippen molar-refractivity contribution in [2.75, 3.05) is 6.54 Å². The first-order valence-corrected chi connectivity index (χ1v) is 13.1. The summed E-state index contributed by atoms with van der Waals surface area (Å²) in [5, 5.41) is 29.2. The monoisotopic (exact) mass is 567 g/mol. The van der Waals surface area contributed by atoms with Gasteiger partial charge >= 0.3 is 6.18 Å². The average Bonchev–Trinajstić information content (AvgIpc) is 3.48. The molecule has 2 aromatic rings. The van der Waals surface area contributed by atoms with Gasteiger partial charge < -0.3 is 15.5 Å². The summed E-state index contributed by atoms with van der Waals surface area (Å²) in [6, 6.07) is 4.95. The summed E-state index contributed by atoms with van der Waals surface area (Å²) in [5.41, 5.74) is 1.50. The number of alkyl halides is 3. The fourth-order valence-electron chi connectivity index (χ4n) is 5.15. The Morgan fingerprint density at radius 1 is 1.05 bits per heavy atom. The Bertz CT molecular complexity index is 1210. The van der Waals surface area contributed by atoms with Gasteiger partial charge in [-0.2, -0.15) is 18.3 Å². The lowest BCUT2D eigenvalue weighted by molar-refractivity contribution is -0.373. The summed E-state index contributed by atoms with van der Waals surface area (Å²) in [5.74, 6) is -7.69. The van der Waals surface area contributed by atoms with E-state index in [9.17, 15) is 37.8 Å². The molecule has 4 N–H and O–H groups in total. The lowest BCUT2D eigenvalue weighted by Gasteiger charge is -2.42. The van der Waals surface area contributed by atoms with Crippen LogP contribution in [0.5, 0.6) is 0 Å². The molecule has 13 heteroatoms. The number of hydrogen-bond donors (Lipinski definition) is 4. The molecule has 3 amide bonds. The summed E-state index contributed by atoms with van der Waals surface area (Å²) in [7, 11) is 0. The lowest BCUT2D eigenvalue weighted by Crippen LogP contribution is -2.65. The number of imide groups is 1. The van der Waals surface area contributed by atoms with Gasteiger partial charge in [-0.1, -0.05) is 45.9 Å². The van der Waals surface area contributed by atoms with E-state index in [0.717, 1.165) is 10.6 Å². The van der Waals surface area contributed by atoms with Crippen LogP contribution in [0, 0.1) is 18.8 Å². The predicted molar refractivity (Wildman–Crippen MR) is 139 cm³/mol. The molecule has 220 valence electrons. The van der Waals surface area contributed by atoms with Crippen molar-refractivity contribution in [2.24, 2.45) is 11.8 Å². The van der Waals surface area contributed by atoms with Gasteiger partial charge in [-0.05, 0) is 50.3 Å². The van der Waals surface area contributed by atoms with Crippen molar-refractivity contribution in [1.82, 2.24) is 25.3 Å². The van der Waals surface area contributed by atoms with Crippen molar-refractivity contribution in [3.8, 4) is 5.69 Å². The van der Waals surface area contributed by atoms with E-state index in [4.69, 9.17) is 0 Å². The number of nitrogens with one attached hydrogen (secondary N) is 2. The van der Waals surface area contributed by atoms with Gasteiger partial charge in [0, 0.05) is 0 Å². The second-order valence-corrected chi connectivity index (χ2v) is 10.7. The maximum absolute atomic E-state index is 13.5. The van der Waals surface area contributed by atoms with Crippen LogP contribution in [-0.4, -0.2) is 79.2 Å². The molecule has 0 radical (unpaired) electrons. The van der Waals surface area contributed by atoms with Gasteiger partial charge in [0.1, 0.15) is 6.04 Å². The Morgan fingerprint density at radius 2 is 1.68 bits per heavy atom. The number of carbonyl (C=O) groups is 3. The van der Waals surface area contributed by atoms with Crippen molar-refractivity contribution in [1.29, 1.82) is 0 Å². The van der Waals surface area contributed by atoms with E-state index in [1.165, 1.54) is 20.0 Å². The molecule has 1 fully saturated rings. The second kappa shape index (κ2) is 12.1. The number of nitrogens with zero attached hydrogens (tertiary/aromatic N) is 3. The van der Waals surface area contributed by atoms with Crippen molar-refractivity contribution in [3.05, 3.63) is 47.8 Å². The molecule has 0 spiro atoms. The number of aliphatic hydroxyl groups is 2. The normalized spacial score (nSPS) is 18.1. The zero-order chi connectivity index (χ0) is 30.0. The van der Waals surface area contributed by atoms with Crippen LogP contribution >= 0.6 is 0 Å². The van der Waals surface area contributed by atoms with Crippen LogP contribution in [0.1, 0.15) is 56.6 Å². The van der Waals surface area contributed by atoms with E-state index >= 15 is 0 Å². The van der Waals surface area contributed by atoms with Crippen LogP contribution < -0.4 is 10.6 Å². The van der Waals surface area contributed by atoms with Crippen molar-refractivity contribution < 1.29 is 37.8 Å². The number of hydrogen-bond acceptors (Lipinski definition) is 7. The molecule has 1 aromatic heterocycles. The maximum atomic E-state index is 13.5. The molecule has 40 heavy (non-hydrogen) atoms. The minimum atomic E-state index is -5.36. The first-order valence-electron chi connectivity index (χ1n) is 13.1. The smallest absolute Gasteiger partial charge is 0.357 e. The van der Waals surface area contributed by atoms with Crippen LogP contribution in [0.25, 0.3) is 5.69 Å². The minimum Gasteiger partial charge on any atom is -0.357 e. The largest absolute Gasteiger partial charge is 0.444 e. The number of carbonyl (C=O) groups excluding carboxylic acids is 3. The number of para-hydroxylation sites is 1. The summed E-state index contributed by atoms with van der Waals surface area (Å²) in [6.45, 7) is 7.82. The Hall–Kier alpha value is -3.29. The SMILES string of the molecule is Cc1c(C(=O)N[C@H](C(=O)NC(=O)[C@@H]2CCCN2C(C(C)C)C(O)(O)C(F)(F)F)C(C)C)cnn1-c1ccccc1. The zero-order valence-electron chi connectivity index (χ0n) is 23.1. The summed E-state index contributed by atoms with van der Waals surface area (Å²) < 4.78 is 42.0. The summed E-state index contributed by atoms with van der Waals surface area (Å²) in [4.78, 5) is 40.4. The first kappa shape index (κ1) is 31.2. The highest BCUT2D eigenvalue weighted by Crippen LogP contribution is 2.39. The molecule has 10 nitrogen and oxygen atoms in total. The maximum Gasteiger partial charge on any atom is 0.444 e. The molecule has 0 bridgehead atoms. The van der Waals surface area contributed by atoms with Crippen LogP contribution in [0.15, 0.2) is 36.5 Å². The van der Waals surface area contributed by atoms with Gasteiger partial charge in [-0.25, -0.2) is 4.68 Å². The zero-order valence-corrected chi connectivity index (χ0v) is 23.1. The number of likely N-dealkylation sites (tertiary alicyclic amines) is 1. The molecule has 1 aromatic carbocycles.